The van der Waals surface area contributed by atoms with Gasteiger partial charge in [0.15, 0.2) is 0 Å². The van der Waals surface area contributed by atoms with E-state index in [4.69, 9.17) is 4.74 Å². The third-order valence-corrected chi connectivity index (χ3v) is 5.18. The van der Waals surface area contributed by atoms with Crippen molar-refractivity contribution in [3.05, 3.63) is 103 Å². The molecule has 0 unspecified atom stereocenters. The fourth-order valence-corrected chi connectivity index (χ4v) is 3.70. The number of nitrogens with one attached hydrogen (secondary N) is 1. The van der Waals surface area contributed by atoms with Crippen LogP contribution in [0.4, 0.5) is 5.69 Å². The molecule has 1 aromatic heterocycles. The van der Waals surface area contributed by atoms with Gasteiger partial charge in [-0.05, 0) is 73.0 Å². The van der Waals surface area contributed by atoms with Gasteiger partial charge in [0.2, 0.25) is 0 Å². The fourth-order valence-electron chi connectivity index (χ4n) is 3.70. The molecule has 1 N–H and O–H groups in total. The molecule has 0 aliphatic carbocycles. The summed E-state index contributed by atoms with van der Waals surface area (Å²) in [5.41, 5.74) is 2.63. The van der Waals surface area contributed by atoms with Gasteiger partial charge in [0.05, 0.1) is 11.2 Å². The number of amides is 1. The highest BCUT2D eigenvalue weighted by atomic mass is 16.6. The van der Waals surface area contributed by atoms with E-state index in [9.17, 15) is 9.59 Å². The van der Waals surface area contributed by atoms with E-state index in [-0.39, 0.29) is 5.91 Å². The number of carbonyl (C=O) groups excluding carboxylic acids is 2. The molecule has 34 heavy (non-hydrogen) atoms. The molecule has 0 radical (unpaired) electrons. The number of hydrogen-bond acceptors (Lipinski definition) is 4. The van der Waals surface area contributed by atoms with Crippen molar-refractivity contribution in [3.63, 3.8) is 0 Å². The number of carbonyl (C=O) groups is 2. The molecule has 0 fully saturated rings. The van der Waals surface area contributed by atoms with Gasteiger partial charge in [-0.3, -0.25) is 9.78 Å². The van der Waals surface area contributed by atoms with Gasteiger partial charge in [-0.1, -0.05) is 49.0 Å². The summed E-state index contributed by atoms with van der Waals surface area (Å²) in [6.07, 6.45) is 4.68. The Kier molecular flexibility index (Phi) is 6.28. The minimum atomic E-state index is -0.579. The molecular formula is C29H26N2O3. The molecule has 0 saturated heterocycles. The highest BCUT2D eigenvalue weighted by Crippen LogP contribution is 2.28. The van der Waals surface area contributed by atoms with E-state index >= 15 is 0 Å². The zero-order chi connectivity index (χ0) is 24.3. The smallest absolute Gasteiger partial charge is 0.331 e. The van der Waals surface area contributed by atoms with Gasteiger partial charge < -0.3 is 10.1 Å². The summed E-state index contributed by atoms with van der Waals surface area (Å²) in [5.74, 6) is -0.704. The van der Waals surface area contributed by atoms with Gasteiger partial charge in [0.1, 0.15) is 5.60 Å². The molecule has 0 atom stereocenters. The molecule has 5 heteroatoms. The number of rotatable bonds is 5. The van der Waals surface area contributed by atoms with Gasteiger partial charge in [0, 0.05) is 23.2 Å². The molecule has 0 bridgehead atoms. The number of esters is 1. The Balaban J connectivity index is 1.67. The minimum Gasteiger partial charge on any atom is -0.457 e. The summed E-state index contributed by atoms with van der Waals surface area (Å²) in [6, 6.07) is 20.9. The third-order valence-electron chi connectivity index (χ3n) is 5.18. The largest absolute Gasteiger partial charge is 0.457 e. The van der Waals surface area contributed by atoms with Crippen LogP contribution in [-0.2, 0) is 9.53 Å². The Hall–Kier alpha value is -4.25. The van der Waals surface area contributed by atoms with Crippen molar-refractivity contribution in [2.24, 2.45) is 0 Å². The monoisotopic (exact) mass is 450 g/mol. The normalized spacial score (nSPS) is 11.6. The average Bonchev–Trinajstić information content (AvgIpc) is 2.81. The minimum absolute atomic E-state index is 0.255. The highest BCUT2D eigenvalue weighted by molar-refractivity contribution is 6.11. The molecule has 0 spiro atoms. The summed E-state index contributed by atoms with van der Waals surface area (Å²) in [6.45, 7) is 9.57. The Morgan fingerprint density at radius 1 is 0.941 bits per heavy atom. The predicted molar refractivity (Wildman–Crippen MR) is 138 cm³/mol. The lowest BCUT2D eigenvalue weighted by Crippen LogP contribution is -2.22. The Morgan fingerprint density at radius 3 is 2.47 bits per heavy atom. The van der Waals surface area contributed by atoms with E-state index in [2.05, 4.69) is 16.9 Å². The van der Waals surface area contributed by atoms with Crippen LogP contribution in [0.5, 0.6) is 0 Å². The van der Waals surface area contributed by atoms with E-state index in [1.807, 2.05) is 81.4 Å². The van der Waals surface area contributed by atoms with Crippen LogP contribution >= 0.6 is 0 Å². The summed E-state index contributed by atoms with van der Waals surface area (Å²) in [5, 5.41) is 5.76. The fraction of sp³-hybridized carbons (Fsp3) is 0.138. The van der Waals surface area contributed by atoms with Crippen molar-refractivity contribution < 1.29 is 14.3 Å². The van der Waals surface area contributed by atoms with Gasteiger partial charge in [-0.15, -0.1) is 0 Å². The van der Waals surface area contributed by atoms with Gasteiger partial charge >= 0.3 is 5.97 Å². The van der Waals surface area contributed by atoms with Crippen molar-refractivity contribution in [1.82, 2.24) is 4.98 Å². The SMILES string of the molecule is C=C(/C=C/C(=O)OC(C)(C)C)c1cc(C(=O)Nc2cccc3cccnc23)cc2ccccc12. The van der Waals surface area contributed by atoms with E-state index < -0.39 is 11.6 Å². The van der Waals surface area contributed by atoms with Crippen molar-refractivity contribution in [3.8, 4) is 0 Å². The Morgan fingerprint density at radius 2 is 1.68 bits per heavy atom. The van der Waals surface area contributed by atoms with Crippen LogP contribution in [-0.4, -0.2) is 22.5 Å². The molecule has 0 saturated carbocycles. The topological polar surface area (TPSA) is 68.3 Å². The van der Waals surface area contributed by atoms with Gasteiger partial charge in [0.25, 0.3) is 5.91 Å². The number of ether oxygens (including phenoxy) is 1. The molecule has 0 aliphatic heterocycles. The molecule has 170 valence electrons. The zero-order valence-corrected chi connectivity index (χ0v) is 19.5. The van der Waals surface area contributed by atoms with Crippen molar-refractivity contribution in [2.75, 3.05) is 5.32 Å². The first-order valence-electron chi connectivity index (χ1n) is 11.0. The van der Waals surface area contributed by atoms with Crippen LogP contribution < -0.4 is 5.32 Å². The Labute approximate surface area is 198 Å². The molecule has 1 amide bonds. The standard InChI is InChI=1S/C29H26N2O3/c1-19(14-15-26(32)34-29(2,3)4)24-18-22(17-21-9-5-6-12-23(21)24)28(33)31-25-13-7-10-20-11-8-16-30-27(20)25/h5-18H,1H2,2-4H3,(H,31,33)/b15-14+. The summed E-state index contributed by atoms with van der Waals surface area (Å²) < 4.78 is 5.34. The van der Waals surface area contributed by atoms with E-state index in [1.165, 1.54) is 6.08 Å². The molecule has 4 aromatic rings. The lowest BCUT2D eigenvalue weighted by molar-refractivity contribution is -0.148. The number of aromatic nitrogens is 1. The van der Waals surface area contributed by atoms with E-state index in [1.54, 1.807) is 18.3 Å². The predicted octanol–water partition coefficient (Wildman–Crippen LogP) is 6.55. The second kappa shape index (κ2) is 9.32. The van der Waals surface area contributed by atoms with Crippen molar-refractivity contribution in [1.29, 1.82) is 0 Å². The molecule has 0 aliphatic rings. The molecule has 1 heterocycles. The summed E-state index contributed by atoms with van der Waals surface area (Å²) in [7, 11) is 0. The maximum absolute atomic E-state index is 13.2. The first-order valence-corrected chi connectivity index (χ1v) is 11.0. The second-order valence-corrected chi connectivity index (χ2v) is 8.97. The number of benzene rings is 3. The van der Waals surface area contributed by atoms with Gasteiger partial charge in [-0.2, -0.15) is 0 Å². The number of para-hydroxylation sites is 1. The Bertz CT molecular complexity index is 1440. The third kappa shape index (κ3) is 5.21. The van der Waals surface area contributed by atoms with Crippen LogP contribution in [0.1, 0.15) is 36.7 Å². The summed E-state index contributed by atoms with van der Waals surface area (Å²) >= 11 is 0. The number of hydrogen-bond donors (Lipinski definition) is 1. The molecular weight excluding hydrogens is 424 g/mol. The van der Waals surface area contributed by atoms with Crippen LogP contribution in [0.2, 0.25) is 0 Å². The highest BCUT2D eigenvalue weighted by Gasteiger charge is 2.15. The average molecular weight is 451 g/mol. The van der Waals surface area contributed by atoms with Crippen molar-refractivity contribution in [2.45, 2.75) is 26.4 Å². The first-order chi connectivity index (χ1) is 16.2. The van der Waals surface area contributed by atoms with Crippen LogP contribution in [0, 0.1) is 0 Å². The number of pyridine rings is 1. The lowest BCUT2D eigenvalue weighted by atomic mass is 9.95. The maximum atomic E-state index is 13.2. The molecule has 3 aromatic carbocycles. The van der Waals surface area contributed by atoms with Gasteiger partial charge in [-0.25, -0.2) is 4.79 Å². The molecule has 4 rings (SSSR count). The van der Waals surface area contributed by atoms with E-state index in [0.29, 0.717) is 16.8 Å². The van der Waals surface area contributed by atoms with Crippen LogP contribution in [0.25, 0.3) is 27.2 Å². The second-order valence-electron chi connectivity index (χ2n) is 8.97. The number of allylic oxidation sites excluding steroid dienone is 2. The van der Waals surface area contributed by atoms with Crippen LogP contribution in [0.15, 0.2) is 91.7 Å². The number of fused-ring (bicyclic) bond motifs is 2. The van der Waals surface area contributed by atoms with E-state index in [0.717, 1.165) is 27.2 Å². The summed E-state index contributed by atoms with van der Waals surface area (Å²) in [4.78, 5) is 29.8. The maximum Gasteiger partial charge on any atom is 0.331 e. The zero-order valence-electron chi connectivity index (χ0n) is 19.5. The number of nitrogens with zero attached hydrogens (tertiary/aromatic N) is 1. The van der Waals surface area contributed by atoms with Crippen LogP contribution in [0.3, 0.4) is 0 Å². The first kappa shape index (κ1) is 22.9. The quantitative estimate of drug-likeness (QED) is 0.213. The lowest BCUT2D eigenvalue weighted by Gasteiger charge is -2.18. The van der Waals surface area contributed by atoms with Crippen molar-refractivity contribution >= 4 is 44.8 Å². The molecule has 5 nitrogen and oxygen atoms in total. The number of anilines is 1.